The summed E-state index contributed by atoms with van der Waals surface area (Å²) in [5.41, 5.74) is 1.72. The Morgan fingerprint density at radius 2 is 2.00 bits per heavy atom. The maximum atomic E-state index is 12.4. The third kappa shape index (κ3) is 4.42. The van der Waals surface area contributed by atoms with Gasteiger partial charge in [0.1, 0.15) is 5.75 Å². The molecule has 0 radical (unpaired) electrons. The lowest BCUT2D eigenvalue weighted by molar-refractivity contribution is -0.138. The first-order valence-electron chi connectivity index (χ1n) is 8.95. The van der Waals surface area contributed by atoms with Crippen LogP contribution in [0.25, 0.3) is 0 Å². The Labute approximate surface area is 168 Å². The van der Waals surface area contributed by atoms with Gasteiger partial charge in [-0.15, -0.1) is 0 Å². The van der Waals surface area contributed by atoms with Crippen LogP contribution in [0.15, 0.2) is 35.5 Å². The van der Waals surface area contributed by atoms with Crippen LogP contribution in [-0.4, -0.2) is 61.9 Å². The zero-order chi connectivity index (χ0) is 20.1. The van der Waals surface area contributed by atoms with Crippen LogP contribution in [-0.2, 0) is 19.1 Å². The van der Waals surface area contributed by atoms with Crippen molar-refractivity contribution in [3.63, 3.8) is 0 Å². The van der Waals surface area contributed by atoms with Gasteiger partial charge in [-0.05, 0) is 25.2 Å². The molecule has 1 atom stereocenters. The molecule has 1 fully saturated rings. The Bertz CT molecular complexity index is 805. The molecular weight excluding hydrogens is 382 g/mol. The van der Waals surface area contributed by atoms with Crippen LogP contribution in [0.5, 0.6) is 5.75 Å². The van der Waals surface area contributed by atoms with Crippen LogP contribution < -0.4 is 15.4 Å². The predicted molar refractivity (Wildman–Crippen MR) is 106 cm³/mol. The number of hydrogen-bond acceptors (Lipinski definition) is 6. The number of para-hydroxylation sites is 1. The molecule has 3 rings (SSSR count). The van der Waals surface area contributed by atoms with Gasteiger partial charge < -0.3 is 29.7 Å². The lowest BCUT2D eigenvalue weighted by Gasteiger charge is -2.31. The highest BCUT2D eigenvalue weighted by Gasteiger charge is 2.32. The number of nitrogens with one attached hydrogen (secondary N) is 2. The normalized spacial score (nSPS) is 19.6. The number of benzene rings is 1. The minimum Gasteiger partial charge on any atom is -0.483 e. The van der Waals surface area contributed by atoms with E-state index in [0.29, 0.717) is 54.0 Å². The van der Waals surface area contributed by atoms with Crippen LogP contribution in [0.3, 0.4) is 0 Å². The third-order valence-corrected chi connectivity index (χ3v) is 4.84. The molecule has 150 valence electrons. The van der Waals surface area contributed by atoms with Gasteiger partial charge in [-0.3, -0.25) is 4.79 Å². The van der Waals surface area contributed by atoms with E-state index in [1.54, 1.807) is 17.9 Å². The lowest BCUT2D eigenvalue weighted by atomic mass is 9.95. The predicted octanol–water partition coefficient (Wildman–Crippen LogP) is 0.890. The van der Waals surface area contributed by atoms with Crippen molar-refractivity contribution in [2.24, 2.45) is 0 Å². The number of carbonyl (C=O) groups excluding carboxylic acids is 2. The van der Waals surface area contributed by atoms with E-state index in [9.17, 15) is 9.59 Å². The summed E-state index contributed by atoms with van der Waals surface area (Å²) in [4.78, 5) is 26.4. The van der Waals surface area contributed by atoms with Crippen LogP contribution in [0.2, 0.25) is 0 Å². The Hall–Kier alpha value is -2.65. The van der Waals surface area contributed by atoms with Crippen LogP contribution in [0.1, 0.15) is 18.5 Å². The number of thiocarbonyl (C=S) groups is 1. The second-order valence-electron chi connectivity index (χ2n) is 6.38. The van der Waals surface area contributed by atoms with E-state index in [1.807, 2.05) is 18.2 Å². The molecule has 2 aliphatic rings. The average Bonchev–Trinajstić information content (AvgIpc) is 2.71. The summed E-state index contributed by atoms with van der Waals surface area (Å²) in [7, 11) is 1.33. The van der Waals surface area contributed by atoms with Crippen LogP contribution >= 0.6 is 12.2 Å². The summed E-state index contributed by atoms with van der Waals surface area (Å²) < 4.78 is 16.0. The molecule has 1 saturated heterocycles. The first kappa shape index (κ1) is 20.1. The molecule has 1 aromatic rings. The summed E-state index contributed by atoms with van der Waals surface area (Å²) in [5, 5.41) is 6.43. The molecule has 2 heterocycles. The van der Waals surface area contributed by atoms with E-state index >= 15 is 0 Å². The highest BCUT2D eigenvalue weighted by atomic mass is 32.1. The summed E-state index contributed by atoms with van der Waals surface area (Å²) in [5.74, 6) is -0.0727. The van der Waals surface area contributed by atoms with E-state index in [1.165, 1.54) is 7.11 Å². The molecule has 0 aromatic heterocycles. The second kappa shape index (κ2) is 9.03. The molecular formula is C19H23N3O5S. The quantitative estimate of drug-likeness (QED) is 0.552. The molecule has 28 heavy (non-hydrogen) atoms. The Kier molecular flexibility index (Phi) is 6.48. The number of hydrogen-bond donors (Lipinski definition) is 2. The van der Waals surface area contributed by atoms with Gasteiger partial charge in [0.25, 0.3) is 5.91 Å². The molecule has 2 N–H and O–H groups in total. The number of allylic oxidation sites excluding steroid dienone is 1. The number of rotatable bonds is 5. The van der Waals surface area contributed by atoms with Gasteiger partial charge in [0.2, 0.25) is 0 Å². The Balaban J connectivity index is 1.82. The number of morpholine rings is 1. The van der Waals surface area contributed by atoms with Crippen molar-refractivity contribution in [3.05, 3.63) is 41.1 Å². The van der Waals surface area contributed by atoms with E-state index in [2.05, 4.69) is 10.6 Å². The van der Waals surface area contributed by atoms with Crippen molar-refractivity contribution in [2.75, 3.05) is 40.0 Å². The monoisotopic (exact) mass is 405 g/mol. The van der Waals surface area contributed by atoms with Crippen molar-refractivity contribution >= 4 is 29.2 Å². The number of amides is 1. The average molecular weight is 405 g/mol. The summed E-state index contributed by atoms with van der Waals surface area (Å²) in [6, 6.07) is 6.69. The standard InChI is InChI=1S/C19H23N3O5S/c1-12-16(18(24)25-2)17(21-19(28)20-12)13-5-3-4-6-14(13)27-11-15(23)22-7-9-26-10-8-22/h3-6,17H,7-11H2,1-2H3,(H2,20,21,28). The van der Waals surface area contributed by atoms with E-state index < -0.39 is 12.0 Å². The van der Waals surface area contributed by atoms with Crippen LogP contribution in [0.4, 0.5) is 0 Å². The van der Waals surface area contributed by atoms with Gasteiger partial charge in [0.05, 0.1) is 31.9 Å². The molecule has 1 aromatic carbocycles. The fourth-order valence-electron chi connectivity index (χ4n) is 3.20. The maximum Gasteiger partial charge on any atom is 0.337 e. The highest BCUT2D eigenvalue weighted by Crippen LogP contribution is 2.33. The number of nitrogens with zero attached hydrogens (tertiary/aromatic N) is 1. The molecule has 0 saturated carbocycles. The maximum absolute atomic E-state index is 12.4. The number of esters is 1. The molecule has 8 nitrogen and oxygen atoms in total. The molecule has 1 unspecified atom stereocenters. The number of methoxy groups -OCH3 is 1. The number of carbonyl (C=O) groups is 2. The van der Waals surface area contributed by atoms with Gasteiger partial charge in [-0.1, -0.05) is 18.2 Å². The minimum atomic E-state index is -0.545. The second-order valence-corrected chi connectivity index (χ2v) is 6.79. The number of ether oxygens (including phenoxy) is 3. The molecule has 9 heteroatoms. The van der Waals surface area contributed by atoms with Gasteiger partial charge in [0, 0.05) is 24.4 Å². The molecule has 0 aliphatic carbocycles. The van der Waals surface area contributed by atoms with E-state index in [0.717, 1.165) is 0 Å². The minimum absolute atomic E-state index is 0.0946. The van der Waals surface area contributed by atoms with Crippen molar-refractivity contribution < 1.29 is 23.8 Å². The van der Waals surface area contributed by atoms with Crippen molar-refractivity contribution in [1.82, 2.24) is 15.5 Å². The Morgan fingerprint density at radius 1 is 1.29 bits per heavy atom. The summed E-state index contributed by atoms with van der Waals surface area (Å²) in [6.45, 7) is 3.85. The fraction of sp³-hybridized carbons (Fsp3) is 0.421. The van der Waals surface area contributed by atoms with Crippen molar-refractivity contribution in [3.8, 4) is 5.75 Å². The van der Waals surface area contributed by atoms with Crippen LogP contribution in [0, 0.1) is 0 Å². The highest BCUT2D eigenvalue weighted by molar-refractivity contribution is 7.80. The fourth-order valence-corrected chi connectivity index (χ4v) is 3.47. The lowest BCUT2D eigenvalue weighted by Crippen LogP contribution is -2.45. The first-order chi connectivity index (χ1) is 13.5. The molecule has 0 spiro atoms. The van der Waals surface area contributed by atoms with Gasteiger partial charge in [-0.2, -0.15) is 0 Å². The zero-order valence-corrected chi connectivity index (χ0v) is 16.6. The third-order valence-electron chi connectivity index (χ3n) is 4.62. The van der Waals surface area contributed by atoms with Gasteiger partial charge in [0.15, 0.2) is 11.7 Å². The van der Waals surface area contributed by atoms with Crippen molar-refractivity contribution in [2.45, 2.75) is 13.0 Å². The largest absolute Gasteiger partial charge is 0.483 e. The molecule has 2 aliphatic heterocycles. The Morgan fingerprint density at radius 3 is 2.71 bits per heavy atom. The van der Waals surface area contributed by atoms with Gasteiger partial charge >= 0.3 is 5.97 Å². The topological polar surface area (TPSA) is 89.1 Å². The smallest absolute Gasteiger partial charge is 0.337 e. The van der Waals surface area contributed by atoms with E-state index in [-0.39, 0.29) is 12.5 Å². The van der Waals surface area contributed by atoms with E-state index in [4.69, 9.17) is 26.4 Å². The SMILES string of the molecule is COC(=O)C1=C(C)NC(=S)NC1c1ccccc1OCC(=O)N1CCOCC1. The summed E-state index contributed by atoms with van der Waals surface area (Å²) >= 11 is 5.25. The van der Waals surface area contributed by atoms with Crippen molar-refractivity contribution in [1.29, 1.82) is 0 Å². The first-order valence-corrected chi connectivity index (χ1v) is 9.36. The zero-order valence-electron chi connectivity index (χ0n) is 15.8. The van der Waals surface area contributed by atoms with Gasteiger partial charge in [-0.25, -0.2) is 4.79 Å². The molecule has 0 bridgehead atoms. The molecule has 1 amide bonds. The summed E-state index contributed by atoms with van der Waals surface area (Å²) in [6.07, 6.45) is 0.